The fraction of sp³-hybridized carbons (Fsp3) is 1.00. The Bertz CT molecular complexity index is 285. The van der Waals surface area contributed by atoms with E-state index in [0.717, 1.165) is 13.0 Å². The van der Waals surface area contributed by atoms with Crippen molar-refractivity contribution < 1.29 is 13.5 Å². The number of sulfone groups is 1. The average molecular weight is 235 g/mol. The van der Waals surface area contributed by atoms with E-state index in [9.17, 15) is 8.42 Å². The van der Waals surface area contributed by atoms with Crippen molar-refractivity contribution in [1.82, 2.24) is 4.90 Å². The molecule has 1 atom stereocenters. The first-order valence-electron chi connectivity index (χ1n) is 5.48. The summed E-state index contributed by atoms with van der Waals surface area (Å²) in [7, 11) is -2.90. The van der Waals surface area contributed by atoms with Crippen LogP contribution in [0.1, 0.15) is 26.2 Å². The van der Waals surface area contributed by atoms with Gasteiger partial charge in [-0.05, 0) is 26.2 Å². The molecule has 1 saturated carbocycles. The van der Waals surface area contributed by atoms with E-state index < -0.39 is 9.84 Å². The molecule has 0 bridgehead atoms. The zero-order valence-corrected chi connectivity index (χ0v) is 10.3. The van der Waals surface area contributed by atoms with Gasteiger partial charge in [-0.25, -0.2) is 8.42 Å². The van der Waals surface area contributed by atoms with Crippen molar-refractivity contribution in [3.8, 4) is 0 Å². The fourth-order valence-corrected chi connectivity index (χ4v) is 3.02. The van der Waals surface area contributed by atoms with Crippen LogP contribution in [0.4, 0.5) is 0 Å². The third-order valence-corrected chi connectivity index (χ3v) is 3.79. The van der Waals surface area contributed by atoms with Gasteiger partial charge in [-0.3, -0.25) is 4.90 Å². The van der Waals surface area contributed by atoms with Gasteiger partial charge >= 0.3 is 0 Å². The molecule has 0 aromatic rings. The highest BCUT2D eigenvalue weighted by Crippen LogP contribution is 2.28. The van der Waals surface area contributed by atoms with Gasteiger partial charge in [0.15, 0.2) is 0 Å². The first kappa shape index (κ1) is 12.9. The molecular weight excluding hydrogens is 214 g/mol. The van der Waals surface area contributed by atoms with Crippen molar-refractivity contribution in [2.75, 3.05) is 25.2 Å². The van der Waals surface area contributed by atoms with Gasteiger partial charge in [-0.2, -0.15) is 0 Å². The number of hydrogen-bond acceptors (Lipinski definition) is 4. The second-order valence-electron chi connectivity index (χ2n) is 4.49. The summed E-state index contributed by atoms with van der Waals surface area (Å²) in [6.45, 7) is 2.93. The number of rotatable bonds is 7. The quantitative estimate of drug-likeness (QED) is 0.688. The molecule has 1 fully saturated rings. The molecule has 0 aromatic carbocycles. The number of aliphatic hydroxyl groups excluding tert-OH is 1. The molecule has 1 aliphatic rings. The molecule has 1 N–H and O–H groups in total. The van der Waals surface area contributed by atoms with Gasteiger partial charge in [0.1, 0.15) is 9.84 Å². The van der Waals surface area contributed by atoms with E-state index in [0.29, 0.717) is 6.04 Å². The lowest BCUT2D eigenvalue weighted by Crippen LogP contribution is -2.40. The van der Waals surface area contributed by atoms with Crippen molar-refractivity contribution in [3.05, 3.63) is 0 Å². The van der Waals surface area contributed by atoms with Gasteiger partial charge in [0.2, 0.25) is 0 Å². The summed E-state index contributed by atoms with van der Waals surface area (Å²) in [6.07, 6.45) is 4.34. The third kappa shape index (κ3) is 4.95. The van der Waals surface area contributed by atoms with Crippen molar-refractivity contribution in [1.29, 1.82) is 0 Å². The van der Waals surface area contributed by atoms with Gasteiger partial charge in [-0.1, -0.05) is 0 Å². The molecule has 0 radical (unpaired) electrons. The van der Waals surface area contributed by atoms with Crippen LogP contribution in [-0.4, -0.2) is 55.7 Å². The predicted molar refractivity (Wildman–Crippen MR) is 60.6 cm³/mol. The zero-order valence-electron chi connectivity index (χ0n) is 9.52. The Morgan fingerprint density at radius 2 is 2.07 bits per heavy atom. The molecule has 4 nitrogen and oxygen atoms in total. The molecule has 0 aliphatic heterocycles. The highest BCUT2D eigenvalue weighted by Gasteiger charge is 2.32. The van der Waals surface area contributed by atoms with Gasteiger partial charge in [0.25, 0.3) is 0 Å². The first-order valence-corrected chi connectivity index (χ1v) is 7.54. The molecule has 0 saturated heterocycles. The van der Waals surface area contributed by atoms with Crippen LogP contribution in [0.5, 0.6) is 0 Å². The van der Waals surface area contributed by atoms with Gasteiger partial charge in [-0.15, -0.1) is 0 Å². The number of hydrogen-bond donors (Lipinski definition) is 1. The molecule has 5 heteroatoms. The maximum Gasteiger partial charge on any atom is 0.148 e. The summed E-state index contributed by atoms with van der Waals surface area (Å²) in [4.78, 5) is 2.22. The van der Waals surface area contributed by atoms with Crippen LogP contribution in [0.25, 0.3) is 0 Å². The Hall–Kier alpha value is -0.130. The molecule has 15 heavy (non-hydrogen) atoms. The van der Waals surface area contributed by atoms with Crippen LogP contribution in [0.3, 0.4) is 0 Å². The third-order valence-electron chi connectivity index (χ3n) is 2.70. The van der Waals surface area contributed by atoms with E-state index in [2.05, 4.69) is 4.90 Å². The zero-order chi connectivity index (χ0) is 11.5. The largest absolute Gasteiger partial charge is 0.396 e. The summed E-state index contributed by atoms with van der Waals surface area (Å²) >= 11 is 0. The van der Waals surface area contributed by atoms with Crippen LogP contribution in [0.2, 0.25) is 0 Å². The molecule has 1 rings (SSSR count). The summed E-state index contributed by atoms with van der Waals surface area (Å²) in [5, 5.41) is 8.79. The topological polar surface area (TPSA) is 57.6 Å². The predicted octanol–water partition coefficient (Wildman–Crippen LogP) is 0.266. The van der Waals surface area contributed by atoms with E-state index in [1.165, 1.54) is 19.1 Å². The summed E-state index contributed by atoms with van der Waals surface area (Å²) in [6, 6.07) is 0.618. The van der Waals surface area contributed by atoms with E-state index in [1.54, 1.807) is 0 Å². The second-order valence-corrected chi connectivity index (χ2v) is 6.67. The summed E-state index contributed by atoms with van der Waals surface area (Å²) < 4.78 is 22.4. The minimum atomic E-state index is -2.90. The maximum atomic E-state index is 11.2. The van der Waals surface area contributed by atoms with Crippen molar-refractivity contribution in [3.63, 3.8) is 0 Å². The van der Waals surface area contributed by atoms with Crippen LogP contribution in [-0.2, 0) is 9.84 Å². The second kappa shape index (κ2) is 5.27. The summed E-state index contributed by atoms with van der Waals surface area (Å²) in [5.41, 5.74) is 0. The van der Waals surface area contributed by atoms with Crippen LogP contribution in [0, 0.1) is 0 Å². The number of nitrogens with zero attached hydrogens (tertiary/aromatic N) is 1. The Morgan fingerprint density at radius 1 is 1.47 bits per heavy atom. The molecule has 1 unspecified atom stereocenters. The smallest absolute Gasteiger partial charge is 0.148 e. The Morgan fingerprint density at radius 3 is 2.47 bits per heavy atom. The van der Waals surface area contributed by atoms with E-state index >= 15 is 0 Å². The highest BCUT2D eigenvalue weighted by molar-refractivity contribution is 7.90. The minimum absolute atomic E-state index is 0.0686. The standard InChI is InChI=1S/C10H21NO3S/c1-9(8-15(2,13)14)11(6-3-7-12)10-4-5-10/h9-10,12H,3-8H2,1-2H3. The van der Waals surface area contributed by atoms with Crippen LogP contribution >= 0.6 is 0 Å². The lowest BCUT2D eigenvalue weighted by atomic mass is 10.3. The lowest BCUT2D eigenvalue weighted by Gasteiger charge is -2.28. The normalized spacial score (nSPS) is 19.5. The molecule has 1 aliphatic carbocycles. The van der Waals surface area contributed by atoms with Gasteiger partial charge in [0, 0.05) is 31.5 Å². The SMILES string of the molecule is CC(CS(C)(=O)=O)N(CCCO)C1CC1. The molecule has 90 valence electrons. The molecule has 0 aromatic heterocycles. The number of aliphatic hydroxyl groups is 1. The van der Waals surface area contributed by atoms with Crippen molar-refractivity contribution in [2.24, 2.45) is 0 Å². The minimum Gasteiger partial charge on any atom is -0.396 e. The summed E-state index contributed by atoms with van der Waals surface area (Å²) in [5.74, 6) is 0.217. The highest BCUT2D eigenvalue weighted by atomic mass is 32.2. The van der Waals surface area contributed by atoms with E-state index in [4.69, 9.17) is 5.11 Å². The van der Waals surface area contributed by atoms with Crippen LogP contribution in [0.15, 0.2) is 0 Å². The Labute approximate surface area is 92.2 Å². The Balaban J connectivity index is 2.47. The van der Waals surface area contributed by atoms with Gasteiger partial charge < -0.3 is 5.11 Å². The first-order chi connectivity index (χ1) is 6.94. The monoisotopic (exact) mass is 235 g/mol. The fourth-order valence-electron chi connectivity index (χ4n) is 1.96. The van der Waals surface area contributed by atoms with Gasteiger partial charge in [0.05, 0.1) is 5.75 Å². The van der Waals surface area contributed by atoms with E-state index in [1.807, 2.05) is 6.92 Å². The lowest BCUT2D eigenvalue weighted by molar-refractivity contribution is 0.185. The molecule has 0 amide bonds. The van der Waals surface area contributed by atoms with Crippen LogP contribution < -0.4 is 0 Å². The maximum absolute atomic E-state index is 11.2. The van der Waals surface area contributed by atoms with Crippen molar-refractivity contribution >= 4 is 9.84 Å². The molecular formula is C10H21NO3S. The van der Waals surface area contributed by atoms with Crippen molar-refractivity contribution in [2.45, 2.75) is 38.3 Å². The Kier molecular flexibility index (Phi) is 4.55. The molecule has 0 spiro atoms. The average Bonchev–Trinajstić information content (AvgIpc) is 2.85. The van der Waals surface area contributed by atoms with E-state index in [-0.39, 0.29) is 18.4 Å². The molecule has 0 heterocycles.